The maximum absolute atomic E-state index is 5.21. The second kappa shape index (κ2) is 6.91. The molecule has 3 heterocycles. The summed E-state index contributed by atoms with van der Waals surface area (Å²) in [7, 11) is 1.66. The van der Waals surface area contributed by atoms with Crippen LogP contribution in [0.4, 0.5) is 0 Å². The molecule has 6 nitrogen and oxygen atoms in total. The highest BCUT2D eigenvalue weighted by molar-refractivity contribution is 5.29. The molecule has 1 aliphatic carbocycles. The number of nitrogens with one attached hydrogen (secondary N) is 1. The minimum atomic E-state index is 0.693. The molecule has 0 atom stereocenters. The quantitative estimate of drug-likeness (QED) is 0.904. The zero-order valence-corrected chi connectivity index (χ0v) is 14.3. The number of aromatic nitrogens is 3. The summed E-state index contributed by atoms with van der Waals surface area (Å²) in [6.45, 7) is 6.20. The van der Waals surface area contributed by atoms with Crippen LogP contribution in [0.5, 0.6) is 5.88 Å². The molecule has 6 heteroatoms. The Labute approximate surface area is 142 Å². The van der Waals surface area contributed by atoms with Gasteiger partial charge in [0.1, 0.15) is 0 Å². The number of aryl methyl sites for hydroxylation is 1. The third kappa shape index (κ3) is 3.30. The van der Waals surface area contributed by atoms with E-state index < -0.39 is 0 Å². The topological polar surface area (TPSA) is 57.3 Å². The Kier molecular flexibility index (Phi) is 4.49. The maximum Gasteiger partial charge on any atom is 0.213 e. The highest BCUT2D eigenvalue weighted by Gasteiger charge is 2.22. The van der Waals surface area contributed by atoms with E-state index in [2.05, 4.69) is 31.0 Å². The number of H-pyrrole nitrogens is 1. The summed E-state index contributed by atoms with van der Waals surface area (Å²) in [4.78, 5) is 9.50. The third-order valence-electron chi connectivity index (χ3n) is 5.11. The van der Waals surface area contributed by atoms with Crippen molar-refractivity contribution < 1.29 is 4.74 Å². The lowest BCUT2D eigenvalue weighted by Crippen LogP contribution is -2.45. The van der Waals surface area contributed by atoms with Gasteiger partial charge in [0.25, 0.3) is 0 Å². The first-order chi connectivity index (χ1) is 11.8. The Balaban J connectivity index is 1.30. The van der Waals surface area contributed by atoms with Crippen LogP contribution in [0.25, 0.3) is 0 Å². The van der Waals surface area contributed by atoms with Gasteiger partial charge in [0.05, 0.1) is 18.5 Å². The highest BCUT2D eigenvalue weighted by atomic mass is 16.5. The van der Waals surface area contributed by atoms with Crippen LogP contribution < -0.4 is 4.74 Å². The average Bonchev–Trinajstić information content (AvgIpc) is 3.22. The standard InChI is InChI=1S/C18H25N5O/c1-24-18-7-2-4-14(19-18)12-22-8-10-23(11-9-22)13-17-15-5-3-6-16(15)20-21-17/h2,4,7H,3,5-6,8-13H2,1H3,(H,20,21). The Hall–Kier alpha value is -1.92. The molecule has 2 aliphatic rings. The molecular formula is C18H25N5O. The number of rotatable bonds is 5. The van der Waals surface area contributed by atoms with Crippen LogP contribution in [0, 0.1) is 0 Å². The van der Waals surface area contributed by atoms with Gasteiger partial charge in [-0.05, 0) is 30.9 Å². The fourth-order valence-electron chi connectivity index (χ4n) is 3.72. The Morgan fingerprint density at radius 1 is 1.08 bits per heavy atom. The number of aromatic amines is 1. The molecule has 1 N–H and O–H groups in total. The molecule has 0 saturated carbocycles. The van der Waals surface area contributed by atoms with E-state index >= 15 is 0 Å². The van der Waals surface area contributed by atoms with Crippen molar-refractivity contribution in [1.82, 2.24) is 25.0 Å². The van der Waals surface area contributed by atoms with Crippen molar-refractivity contribution in [1.29, 1.82) is 0 Å². The molecule has 0 radical (unpaired) electrons. The van der Waals surface area contributed by atoms with Gasteiger partial charge in [-0.2, -0.15) is 5.10 Å². The van der Waals surface area contributed by atoms with Gasteiger partial charge >= 0.3 is 0 Å². The summed E-state index contributed by atoms with van der Waals surface area (Å²) in [5.74, 6) is 0.693. The second-order valence-corrected chi connectivity index (χ2v) is 6.70. The van der Waals surface area contributed by atoms with Crippen molar-refractivity contribution in [3.63, 3.8) is 0 Å². The van der Waals surface area contributed by atoms with E-state index in [4.69, 9.17) is 4.74 Å². The van der Waals surface area contributed by atoms with E-state index in [0.29, 0.717) is 5.88 Å². The van der Waals surface area contributed by atoms with Crippen molar-refractivity contribution in [3.05, 3.63) is 40.8 Å². The molecule has 2 aromatic heterocycles. The zero-order chi connectivity index (χ0) is 16.4. The van der Waals surface area contributed by atoms with E-state index in [9.17, 15) is 0 Å². The van der Waals surface area contributed by atoms with Gasteiger partial charge in [-0.3, -0.25) is 14.9 Å². The van der Waals surface area contributed by atoms with E-state index in [1.165, 1.54) is 36.2 Å². The molecule has 0 spiro atoms. The Morgan fingerprint density at radius 3 is 2.67 bits per heavy atom. The molecule has 1 fully saturated rings. The summed E-state index contributed by atoms with van der Waals surface area (Å²) in [5.41, 5.74) is 5.20. The second-order valence-electron chi connectivity index (χ2n) is 6.70. The summed E-state index contributed by atoms with van der Waals surface area (Å²) >= 11 is 0. The van der Waals surface area contributed by atoms with Crippen LogP contribution in [-0.2, 0) is 25.9 Å². The van der Waals surface area contributed by atoms with Crippen LogP contribution in [0.3, 0.4) is 0 Å². The maximum atomic E-state index is 5.21. The lowest BCUT2D eigenvalue weighted by atomic mass is 10.2. The Morgan fingerprint density at radius 2 is 1.88 bits per heavy atom. The van der Waals surface area contributed by atoms with Gasteiger partial charge in [-0.1, -0.05) is 6.07 Å². The SMILES string of the molecule is COc1cccc(CN2CCN(Cc3n[nH]c4c3CCC4)CC2)n1. The summed E-state index contributed by atoms with van der Waals surface area (Å²) in [6.07, 6.45) is 3.64. The molecule has 128 valence electrons. The minimum absolute atomic E-state index is 0.693. The number of pyridine rings is 1. The molecule has 0 unspecified atom stereocenters. The van der Waals surface area contributed by atoms with Crippen molar-refractivity contribution >= 4 is 0 Å². The summed E-state index contributed by atoms with van der Waals surface area (Å²) in [6, 6.07) is 5.97. The number of hydrogen-bond acceptors (Lipinski definition) is 5. The molecule has 0 amide bonds. The van der Waals surface area contributed by atoms with Crippen molar-refractivity contribution in [3.8, 4) is 5.88 Å². The summed E-state index contributed by atoms with van der Waals surface area (Å²) < 4.78 is 5.21. The fourth-order valence-corrected chi connectivity index (χ4v) is 3.72. The first kappa shape index (κ1) is 15.6. The van der Waals surface area contributed by atoms with Crippen LogP contribution in [0.15, 0.2) is 18.2 Å². The van der Waals surface area contributed by atoms with E-state index in [1.807, 2.05) is 12.1 Å². The van der Waals surface area contributed by atoms with Gasteiger partial charge in [0.2, 0.25) is 5.88 Å². The van der Waals surface area contributed by atoms with E-state index in [1.54, 1.807) is 7.11 Å². The summed E-state index contributed by atoms with van der Waals surface area (Å²) in [5, 5.41) is 7.75. The zero-order valence-electron chi connectivity index (χ0n) is 14.3. The van der Waals surface area contributed by atoms with Gasteiger partial charge < -0.3 is 4.74 Å². The average molecular weight is 327 g/mol. The predicted octanol–water partition coefficient (Wildman–Crippen LogP) is 1.62. The van der Waals surface area contributed by atoms with Gasteiger partial charge in [-0.15, -0.1) is 0 Å². The molecule has 2 aromatic rings. The smallest absolute Gasteiger partial charge is 0.213 e. The molecule has 0 aromatic carbocycles. The first-order valence-electron chi connectivity index (χ1n) is 8.81. The monoisotopic (exact) mass is 327 g/mol. The number of methoxy groups -OCH3 is 1. The lowest BCUT2D eigenvalue weighted by Gasteiger charge is -2.34. The van der Waals surface area contributed by atoms with Crippen LogP contribution in [0.1, 0.15) is 29.1 Å². The Bertz CT molecular complexity index is 690. The lowest BCUT2D eigenvalue weighted by molar-refractivity contribution is 0.119. The normalized spacial score (nSPS) is 18.7. The molecule has 1 aliphatic heterocycles. The number of piperazine rings is 1. The molecule has 1 saturated heterocycles. The molecule has 0 bridgehead atoms. The molecular weight excluding hydrogens is 302 g/mol. The van der Waals surface area contributed by atoms with E-state index in [-0.39, 0.29) is 0 Å². The molecule has 24 heavy (non-hydrogen) atoms. The number of hydrogen-bond donors (Lipinski definition) is 1. The number of fused-ring (bicyclic) bond motifs is 1. The van der Waals surface area contributed by atoms with E-state index in [0.717, 1.165) is 45.0 Å². The van der Waals surface area contributed by atoms with Crippen LogP contribution >= 0.6 is 0 Å². The van der Waals surface area contributed by atoms with Crippen molar-refractivity contribution in [2.24, 2.45) is 0 Å². The van der Waals surface area contributed by atoms with Crippen molar-refractivity contribution in [2.75, 3.05) is 33.3 Å². The predicted molar refractivity (Wildman–Crippen MR) is 92.0 cm³/mol. The molecule has 4 rings (SSSR count). The third-order valence-corrected chi connectivity index (χ3v) is 5.11. The van der Waals surface area contributed by atoms with Crippen LogP contribution in [-0.4, -0.2) is 58.3 Å². The van der Waals surface area contributed by atoms with Gasteiger partial charge in [0.15, 0.2) is 0 Å². The number of ether oxygens (including phenoxy) is 1. The fraction of sp³-hybridized carbons (Fsp3) is 0.556. The largest absolute Gasteiger partial charge is 0.481 e. The highest BCUT2D eigenvalue weighted by Crippen LogP contribution is 2.24. The van der Waals surface area contributed by atoms with Gasteiger partial charge in [0, 0.05) is 51.0 Å². The first-order valence-corrected chi connectivity index (χ1v) is 8.81. The van der Waals surface area contributed by atoms with Crippen LogP contribution in [0.2, 0.25) is 0 Å². The van der Waals surface area contributed by atoms with Gasteiger partial charge in [-0.25, -0.2) is 4.98 Å². The number of nitrogens with zero attached hydrogens (tertiary/aromatic N) is 4. The van der Waals surface area contributed by atoms with Crippen molar-refractivity contribution in [2.45, 2.75) is 32.4 Å². The minimum Gasteiger partial charge on any atom is -0.481 e.